The molecule has 2 heterocycles. The minimum atomic E-state index is -0.0833. The number of rotatable bonds is 4. The van der Waals surface area contributed by atoms with Gasteiger partial charge in [-0.25, -0.2) is 4.98 Å². The molecule has 4 aliphatic carbocycles. The first-order valence-corrected chi connectivity index (χ1v) is 11.9. The Balaban J connectivity index is 1.20. The first-order valence-electron chi connectivity index (χ1n) is 11.9. The number of carbonyl (C=O) groups excluding carboxylic acids is 1. The molecule has 4 fully saturated rings. The number of imidazole rings is 1. The van der Waals surface area contributed by atoms with Gasteiger partial charge in [-0.05, 0) is 66.9 Å². The van der Waals surface area contributed by atoms with Crippen LogP contribution >= 0.6 is 0 Å². The fourth-order valence-electron chi connectivity index (χ4n) is 8.12. The molecule has 0 spiro atoms. The van der Waals surface area contributed by atoms with E-state index in [0.29, 0.717) is 30.0 Å². The molecule has 5 aliphatic rings. The molecule has 3 aromatic rings. The van der Waals surface area contributed by atoms with Crippen molar-refractivity contribution >= 4 is 5.78 Å². The van der Waals surface area contributed by atoms with Crippen LogP contribution in [-0.2, 0) is 4.79 Å². The van der Waals surface area contributed by atoms with E-state index in [1.54, 1.807) is 0 Å². The lowest BCUT2D eigenvalue weighted by atomic mass is 9.44. The average molecular weight is 409 g/mol. The van der Waals surface area contributed by atoms with Gasteiger partial charge in [0.25, 0.3) is 0 Å². The maximum absolute atomic E-state index is 14.0. The van der Waals surface area contributed by atoms with Gasteiger partial charge in [0.05, 0.1) is 24.3 Å². The van der Waals surface area contributed by atoms with Crippen molar-refractivity contribution in [3.05, 3.63) is 78.2 Å². The van der Waals surface area contributed by atoms with E-state index in [1.165, 1.54) is 29.5 Å². The lowest BCUT2D eigenvalue weighted by Gasteiger charge is -2.59. The number of aromatic nitrogens is 2. The van der Waals surface area contributed by atoms with E-state index in [9.17, 15) is 4.79 Å². The maximum Gasteiger partial charge on any atom is 0.141 e. The Bertz CT molecular complexity index is 1150. The molecular formula is C28H28N2O. The molecule has 8 rings (SSSR count). The first kappa shape index (κ1) is 17.9. The summed E-state index contributed by atoms with van der Waals surface area (Å²) in [6.45, 7) is 0. The van der Waals surface area contributed by atoms with Gasteiger partial charge in [-0.3, -0.25) is 4.79 Å². The Hall–Kier alpha value is -2.68. The number of ketones is 1. The number of Topliss-reactive ketones (excluding diaryl/α,β-unsaturated/α-hetero) is 1. The zero-order chi connectivity index (χ0) is 20.6. The highest BCUT2D eigenvalue weighted by Gasteiger charge is 2.58. The van der Waals surface area contributed by atoms with Gasteiger partial charge in [0, 0.05) is 17.4 Å². The zero-order valence-electron chi connectivity index (χ0n) is 17.8. The van der Waals surface area contributed by atoms with Crippen LogP contribution in [0, 0.1) is 23.2 Å². The molecule has 0 amide bonds. The minimum Gasteiger partial charge on any atom is -0.323 e. The lowest BCUT2D eigenvalue weighted by Crippen LogP contribution is -2.53. The number of carbonyl (C=O) groups is 1. The Kier molecular flexibility index (Phi) is 3.71. The van der Waals surface area contributed by atoms with Crippen LogP contribution in [0.25, 0.3) is 11.3 Å². The topological polar surface area (TPSA) is 34.9 Å². The summed E-state index contributed by atoms with van der Waals surface area (Å²) in [6, 6.07) is 19.8. The van der Waals surface area contributed by atoms with Crippen LogP contribution in [0.3, 0.4) is 0 Å². The first-order chi connectivity index (χ1) is 15.2. The lowest BCUT2D eigenvalue weighted by molar-refractivity contribution is -0.146. The van der Waals surface area contributed by atoms with Gasteiger partial charge in [-0.2, -0.15) is 0 Å². The van der Waals surface area contributed by atoms with Gasteiger partial charge in [0.15, 0.2) is 0 Å². The molecule has 2 aromatic carbocycles. The Morgan fingerprint density at radius 2 is 1.71 bits per heavy atom. The smallest absolute Gasteiger partial charge is 0.141 e. The highest BCUT2D eigenvalue weighted by atomic mass is 16.1. The van der Waals surface area contributed by atoms with Crippen LogP contribution < -0.4 is 0 Å². The molecule has 1 aromatic heterocycles. The second kappa shape index (κ2) is 6.41. The SMILES string of the molecule is O=C(CC1c2ccccc2-c2cncn21)C12CC3CC(C1)C(c1ccccc1)C(C3)C2. The number of hydrogen-bond donors (Lipinski definition) is 0. The van der Waals surface area contributed by atoms with Crippen molar-refractivity contribution in [2.45, 2.75) is 50.5 Å². The molecule has 3 nitrogen and oxygen atoms in total. The molecule has 156 valence electrons. The maximum atomic E-state index is 14.0. The van der Waals surface area contributed by atoms with Crippen molar-refractivity contribution in [3.8, 4) is 11.3 Å². The second-order valence-corrected chi connectivity index (χ2v) is 10.6. The molecule has 0 saturated heterocycles. The average Bonchev–Trinajstić information content (AvgIpc) is 3.36. The van der Waals surface area contributed by atoms with Gasteiger partial charge in [-0.1, -0.05) is 54.6 Å². The van der Waals surface area contributed by atoms with E-state index in [0.717, 1.165) is 30.9 Å². The van der Waals surface area contributed by atoms with Crippen LogP contribution in [0.2, 0.25) is 0 Å². The molecule has 4 bridgehead atoms. The van der Waals surface area contributed by atoms with Crippen molar-refractivity contribution in [2.24, 2.45) is 23.2 Å². The van der Waals surface area contributed by atoms with Crippen molar-refractivity contribution in [1.82, 2.24) is 9.55 Å². The Labute approximate surface area is 183 Å². The molecule has 0 N–H and O–H groups in total. The summed E-state index contributed by atoms with van der Waals surface area (Å²) in [6.07, 6.45) is 10.4. The van der Waals surface area contributed by atoms with Gasteiger partial charge in [-0.15, -0.1) is 0 Å². The van der Waals surface area contributed by atoms with Crippen molar-refractivity contribution in [3.63, 3.8) is 0 Å². The van der Waals surface area contributed by atoms with E-state index in [-0.39, 0.29) is 11.5 Å². The number of benzene rings is 2. The molecule has 0 radical (unpaired) electrons. The summed E-state index contributed by atoms with van der Waals surface area (Å²) >= 11 is 0. The molecule has 3 heteroatoms. The summed E-state index contributed by atoms with van der Waals surface area (Å²) in [4.78, 5) is 18.4. The third-order valence-electron chi connectivity index (χ3n) is 9.03. The second-order valence-electron chi connectivity index (χ2n) is 10.6. The van der Waals surface area contributed by atoms with E-state index >= 15 is 0 Å². The predicted octanol–water partition coefficient (Wildman–Crippen LogP) is 6.02. The highest BCUT2D eigenvalue weighted by Crippen LogP contribution is 2.65. The molecule has 3 atom stereocenters. The van der Waals surface area contributed by atoms with Crippen LogP contribution in [0.1, 0.15) is 61.6 Å². The Morgan fingerprint density at radius 1 is 0.968 bits per heavy atom. The quantitative estimate of drug-likeness (QED) is 0.529. The summed E-state index contributed by atoms with van der Waals surface area (Å²) in [7, 11) is 0. The molecule has 1 aliphatic heterocycles. The van der Waals surface area contributed by atoms with E-state index < -0.39 is 0 Å². The summed E-state index contributed by atoms with van der Waals surface area (Å²) < 4.78 is 2.23. The zero-order valence-corrected chi connectivity index (χ0v) is 17.8. The van der Waals surface area contributed by atoms with Gasteiger partial charge >= 0.3 is 0 Å². The number of nitrogens with zero attached hydrogens (tertiary/aromatic N) is 2. The van der Waals surface area contributed by atoms with Gasteiger partial charge < -0.3 is 4.57 Å². The molecular weight excluding hydrogens is 380 g/mol. The fraction of sp³-hybridized carbons (Fsp3) is 0.429. The monoisotopic (exact) mass is 408 g/mol. The molecule has 4 saturated carbocycles. The number of hydrogen-bond acceptors (Lipinski definition) is 2. The van der Waals surface area contributed by atoms with E-state index in [1.807, 2.05) is 12.5 Å². The van der Waals surface area contributed by atoms with Crippen LogP contribution in [0.15, 0.2) is 67.1 Å². The minimum absolute atomic E-state index is 0.0833. The third-order valence-corrected chi connectivity index (χ3v) is 9.03. The highest BCUT2D eigenvalue weighted by molar-refractivity contribution is 5.87. The van der Waals surface area contributed by atoms with Crippen LogP contribution in [0.5, 0.6) is 0 Å². The summed E-state index contributed by atoms with van der Waals surface area (Å²) in [5.41, 5.74) is 5.11. The van der Waals surface area contributed by atoms with E-state index in [4.69, 9.17) is 0 Å². The van der Waals surface area contributed by atoms with Crippen molar-refractivity contribution in [1.29, 1.82) is 0 Å². The number of fused-ring (bicyclic) bond motifs is 3. The summed E-state index contributed by atoms with van der Waals surface area (Å²) in [5, 5.41) is 0. The Morgan fingerprint density at radius 3 is 2.52 bits per heavy atom. The van der Waals surface area contributed by atoms with Crippen molar-refractivity contribution < 1.29 is 4.79 Å². The third kappa shape index (κ3) is 2.52. The standard InChI is InChI=1S/C28H28N2O/c31-26(12-24-22-8-4-5-9-23(22)25-16-29-17-30(24)25)28-13-18-10-20(14-28)27(21(11-18)15-28)19-6-2-1-3-7-19/h1-9,16-18,20-21,24,27H,10-15H2. The van der Waals surface area contributed by atoms with Gasteiger partial charge in [0.1, 0.15) is 5.78 Å². The molecule has 3 unspecified atom stereocenters. The normalized spacial score (nSPS) is 34.5. The summed E-state index contributed by atoms with van der Waals surface area (Å²) in [5.74, 6) is 3.28. The van der Waals surface area contributed by atoms with Crippen LogP contribution in [-0.4, -0.2) is 15.3 Å². The van der Waals surface area contributed by atoms with Gasteiger partial charge in [0.2, 0.25) is 0 Å². The van der Waals surface area contributed by atoms with Crippen LogP contribution in [0.4, 0.5) is 0 Å². The molecule has 31 heavy (non-hydrogen) atoms. The predicted molar refractivity (Wildman–Crippen MR) is 121 cm³/mol. The van der Waals surface area contributed by atoms with E-state index in [2.05, 4.69) is 64.1 Å². The fourth-order valence-corrected chi connectivity index (χ4v) is 8.12. The van der Waals surface area contributed by atoms with Crippen molar-refractivity contribution in [2.75, 3.05) is 0 Å². The largest absolute Gasteiger partial charge is 0.323 e.